The third-order valence-corrected chi connectivity index (χ3v) is 4.69. The molecule has 7 heteroatoms. The molecule has 4 rings (SSSR count). The van der Waals surface area contributed by atoms with Gasteiger partial charge in [0.1, 0.15) is 18.0 Å². The monoisotopic (exact) mass is 414 g/mol. The number of hydrogen-bond donors (Lipinski definition) is 2. The average molecular weight is 414 g/mol. The average Bonchev–Trinajstić information content (AvgIpc) is 3.18. The van der Waals surface area contributed by atoms with Gasteiger partial charge in [-0.1, -0.05) is 6.07 Å². The number of fused-ring (bicyclic) bond motifs is 1. The van der Waals surface area contributed by atoms with Crippen molar-refractivity contribution in [2.24, 2.45) is 0 Å². The zero-order valence-corrected chi connectivity index (χ0v) is 17.3. The standard InChI is InChI=1S/C24H22N4O3/c1-16-4-3-13-28-14-21(26-23(16)28)15-31-22-11-5-18(6-12-22)24(30)27-20-9-7-19(8-10-20)25-17(2)29/h3-14H,15H2,1-2H3,(H,25,29)(H,27,30). The quantitative estimate of drug-likeness (QED) is 0.489. The number of carbonyl (C=O) groups is 2. The highest BCUT2D eigenvalue weighted by atomic mass is 16.5. The van der Waals surface area contributed by atoms with Crippen molar-refractivity contribution in [3.8, 4) is 5.75 Å². The van der Waals surface area contributed by atoms with Crippen molar-refractivity contribution in [3.05, 3.63) is 89.9 Å². The summed E-state index contributed by atoms with van der Waals surface area (Å²) in [5.41, 5.74) is 4.68. The molecule has 0 aliphatic rings. The minimum atomic E-state index is -0.227. The SMILES string of the molecule is CC(=O)Nc1ccc(NC(=O)c2ccc(OCc3cn4cccc(C)c4n3)cc2)cc1. The number of imidazole rings is 1. The molecule has 2 amide bonds. The highest BCUT2D eigenvalue weighted by molar-refractivity contribution is 6.04. The Kier molecular flexibility index (Phi) is 5.66. The molecule has 0 bridgehead atoms. The molecule has 0 saturated heterocycles. The first kappa shape index (κ1) is 20.2. The van der Waals surface area contributed by atoms with Gasteiger partial charge in [0.05, 0.1) is 5.69 Å². The molecule has 2 aromatic carbocycles. The molecule has 0 spiro atoms. The fourth-order valence-electron chi connectivity index (χ4n) is 3.18. The van der Waals surface area contributed by atoms with E-state index >= 15 is 0 Å². The molecule has 31 heavy (non-hydrogen) atoms. The highest BCUT2D eigenvalue weighted by Crippen LogP contribution is 2.18. The number of anilines is 2. The summed E-state index contributed by atoms with van der Waals surface area (Å²) in [7, 11) is 0. The predicted octanol–water partition coefficient (Wildman–Crippen LogP) is 4.43. The maximum atomic E-state index is 12.5. The zero-order valence-electron chi connectivity index (χ0n) is 17.3. The van der Waals surface area contributed by atoms with Gasteiger partial charge in [-0.15, -0.1) is 0 Å². The molecule has 7 nitrogen and oxygen atoms in total. The summed E-state index contributed by atoms with van der Waals surface area (Å²) < 4.78 is 7.79. The largest absolute Gasteiger partial charge is 0.487 e. The molecular formula is C24H22N4O3. The molecule has 0 aliphatic heterocycles. The number of nitrogens with one attached hydrogen (secondary N) is 2. The van der Waals surface area contributed by atoms with Crippen molar-refractivity contribution in [1.82, 2.24) is 9.38 Å². The van der Waals surface area contributed by atoms with E-state index in [1.54, 1.807) is 48.5 Å². The number of nitrogens with zero attached hydrogens (tertiary/aromatic N) is 2. The zero-order chi connectivity index (χ0) is 21.8. The summed E-state index contributed by atoms with van der Waals surface area (Å²) in [6.45, 7) is 3.81. The maximum absolute atomic E-state index is 12.5. The Morgan fingerprint density at radius 3 is 2.29 bits per heavy atom. The van der Waals surface area contributed by atoms with E-state index in [2.05, 4.69) is 15.6 Å². The van der Waals surface area contributed by atoms with Crippen molar-refractivity contribution in [2.75, 3.05) is 10.6 Å². The molecule has 2 N–H and O–H groups in total. The van der Waals surface area contributed by atoms with Gasteiger partial charge in [-0.3, -0.25) is 9.59 Å². The lowest BCUT2D eigenvalue weighted by molar-refractivity contribution is -0.114. The van der Waals surface area contributed by atoms with Crippen LogP contribution in [0.25, 0.3) is 5.65 Å². The fraction of sp³-hybridized carbons (Fsp3) is 0.125. The lowest BCUT2D eigenvalue weighted by atomic mass is 10.2. The van der Waals surface area contributed by atoms with Crippen molar-refractivity contribution in [2.45, 2.75) is 20.5 Å². The number of aromatic nitrogens is 2. The van der Waals surface area contributed by atoms with Crippen molar-refractivity contribution >= 4 is 28.8 Å². The molecule has 0 atom stereocenters. The van der Waals surface area contributed by atoms with E-state index in [4.69, 9.17) is 4.74 Å². The van der Waals surface area contributed by atoms with Crippen molar-refractivity contribution in [1.29, 1.82) is 0 Å². The molecule has 0 aliphatic carbocycles. The van der Waals surface area contributed by atoms with Crippen LogP contribution in [0.2, 0.25) is 0 Å². The predicted molar refractivity (Wildman–Crippen MR) is 119 cm³/mol. The molecule has 2 heterocycles. The minimum Gasteiger partial charge on any atom is -0.487 e. The first-order chi connectivity index (χ1) is 15.0. The van der Waals surface area contributed by atoms with Crippen LogP contribution in [0.3, 0.4) is 0 Å². The molecule has 2 aromatic heterocycles. The van der Waals surface area contributed by atoms with E-state index in [0.717, 1.165) is 16.9 Å². The van der Waals surface area contributed by atoms with Crippen molar-refractivity contribution in [3.63, 3.8) is 0 Å². The van der Waals surface area contributed by atoms with Gasteiger partial charge in [-0.05, 0) is 67.1 Å². The van der Waals surface area contributed by atoms with Crippen LogP contribution >= 0.6 is 0 Å². The number of amides is 2. The van der Waals surface area contributed by atoms with Gasteiger partial charge in [0, 0.05) is 36.3 Å². The Balaban J connectivity index is 1.35. The number of rotatable bonds is 6. The topological polar surface area (TPSA) is 84.7 Å². The summed E-state index contributed by atoms with van der Waals surface area (Å²) in [5, 5.41) is 5.52. The third kappa shape index (κ3) is 4.90. The Bertz CT molecular complexity index is 1230. The van der Waals surface area contributed by atoms with Gasteiger partial charge >= 0.3 is 0 Å². The van der Waals surface area contributed by atoms with Crippen LogP contribution in [-0.2, 0) is 11.4 Å². The van der Waals surface area contributed by atoms with Crippen LogP contribution in [0.15, 0.2) is 73.1 Å². The first-order valence-electron chi connectivity index (χ1n) is 9.83. The fourth-order valence-corrected chi connectivity index (χ4v) is 3.18. The number of ether oxygens (including phenoxy) is 1. The minimum absolute atomic E-state index is 0.143. The third-order valence-electron chi connectivity index (χ3n) is 4.69. The second kappa shape index (κ2) is 8.71. The molecule has 0 radical (unpaired) electrons. The second-order valence-corrected chi connectivity index (χ2v) is 7.18. The van der Waals surface area contributed by atoms with Gasteiger partial charge in [0.25, 0.3) is 5.91 Å². The second-order valence-electron chi connectivity index (χ2n) is 7.18. The van der Waals surface area contributed by atoms with Gasteiger partial charge in [-0.2, -0.15) is 0 Å². The summed E-state index contributed by atoms with van der Waals surface area (Å²) in [6, 6.07) is 17.9. The molecule has 0 unspecified atom stereocenters. The van der Waals surface area contributed by atoms with Crippen LogP contribution in [0.5, 0.6) is 5.75 Å². The number of pyridine rings is 1. The number of benzene rings is 2. The van der Waals surface area contributed by atoms with Gasteiger partial charge in [0.2, 0.25) is 5.91 Å². The van der Waals surface area contributed by atoms with Gasteiger partial charge in [-0.25, -0.2) is 4.98 Å². The summed E-state index contributed by atoms with van der Waals surface area (Å²) in [6.07, 6.45) is 3.90. The molecule has 0 saturated carbocycles. The van der Waals surface area contributed by atoms with Gasteiger partial charge < -0.3 is 19.8 Å². The van der Waals surface area contributed by atoms with E-state index in [1.807, 2.05) is 35.9 Å². The molecule has 4 aromatic rings. The lowest BCUT2D eigenvalue weighted by Crippen LogP contribution is -2.12. The number of carbonyl (C=O) groups excluding carboxylic acids is 2. The number of hydrogen-bond acceptors (Lipinski definition) is 4. The van der Waals surface area contributed by atoms with E-state index in [-0.39, 0.29) is 11.8 Å². The molecule has 0 fully saturated rings. The highest BCUT2D eigenvalue weighted by Gasteiger charge is 2.08. The normalized spacial score (nSPS) is 10.6. The Morgan fingerprint density at radius 1 is 0.968 bits per heavy atom. The van der Waals surface area contributed by atoms with E-state index in [1.165, 1.54) is 6.92 Å². The van der Waals surface area contributed by atoms with Crippen LogP contribution in [0.4, 0.5) is 11.4 Å². The summed E-state index contributed by atoms with van der Waals surface area (Å²) in [5.74, 6) is 0.287. The van der Waals surface area contributed by atoms with Gasteiger partial charge in [0.15, 0.2) is 0 Å². The van der Waals surface area contributed by atoms with Crippen molar-refractivity contribution < 1.29 is 14.3 Å². The lowest BCUT2D eigenvalue weighted by Gasteiger charge is -2.08. The Morgan fingerprint density at radius 2 is 1.65 bits per heavy atom. The van der Waals surface area contributed by atoms with E-state index in [0.29, 0.717) is 29.3 Å². The Labute approximate surface area is 179 Å². The smallest absolute Gasteiger partial charge is 0.255 e. The molecular weight excluding hydrogens is 392 g/mol. The summed E-state index contributed by atoms with van der Waals surface area (Å²) in [4.78, 5) is 28.1. The van der Waals surface area contributed by atoms with E-state index in [9.17, 15) is 9.59 Å². The molecule has 156 valence electrons. The number of aryl methyl sites for hydroxylation is 1. The maximum Gasteiger partial charge on any atom is 0.255 e. The Hall–Kier alpha value is -4.13. The van der Waals surface area contributed by atoms with Crippen LogP contribution < -0.4 is 15.4 Å². The van der Waals surface area contributed by atoms with Crippen LogP contribution in [0, 0.1) is 6.92 Å². The van der Waals surface area contributed by atoms with E-state index < -0.39 is 0 Å². The summed E-state index contributed by atoms with van der Waals surface area (Å²) >= 11 is 0. The van der Waals surface area contributed by atoms with Crippen LogP contribution in [-0.4, -0.2) is 21.2 Å². The van der Waals surface area contributed by atoms with Crippen LogP contribution in [0.1, 0.15) is 28.5 Å². The first-order valence-corrected chi connectivity index (χ1v) is 9.83.